The van der Waals surface area contributed by atoms with E-state index in [0.717, 1.165) is 36.4 Å². The SMILES string of the molecule is COc1cc(C(=O)N2CCC3CCC(C2)N3)ccc1C. The summed E-state index contributed by atoms with van der Waals surface area (Å²) in [5.41, 5.74) is 1.78. The molecular weight excluding hydrogens is 252 g/mol. The monoisotopic (exact) mass is 274 g/mol. The van der Waals surface area contributed by atoms with E-state index in [1.54, 1.807) is 7.11 Å². The number of benzene rings is 1. The Kier molecular flexibility index (Phi) is 3.66. The molecule has 2 fully saturated rings. The van der Waals surface area contributed by atoms with Gasteiger partial charge in [-0.3, -0.25) is 4.79 Å². The van der Waals surface area contributed by atoms with Crippen molar-refractivity contribution >= 4 is 5.91 Å². The van der Waals surface area contributed by atoms with Gasteiger partial charge in [0, 0.05) is 30.7 Å². The highest BCUT2D eigenvalue weighted by Crippen LogP contribution is 2.24. The normalized spacial score (nSPS) is 25.4. The molecule has 2 aliphatic heterocycles. The molecule has 2 heterocycles. The van der Waals surface area contributed by atoms with E-state index in [0.29, 0.717) is 12.1 Å². The third-order valence-electron chi connectivity index (χ3n) is 4.47. The molecule has 1 amide bonds. The van der Waals surface area contributed by atoms with Gasteiger partial charge in [0.15, 0.2) is 0 Å². The predicted octanol–water partition coefficient (Wildman–Crippen LogP) is 1.97. The fourth-order valence-corrected chi connectivity index (χ4v) is 3.26. The van der Waals surface area contributed by atoms with Crippen LogP contribution >= 0.6 is 0 Å². The molecule has 1 N–H and O–H groups in total. The third kappa shape index (κ3) is 2.52. The van der Waals surface area contributed by atoms with E-state index in [1.807, 2.05) is 30.0 Å². The Morgan fingerprint density at radius 2 is 2.10 bits per heavy atom. The van der Waals surface area contributed by atoms with Crippen LogP contribution in [0.4, 0.5) is 0 Å². The number of nitrogens with zero attached hydrogens (tertiary/aromatic N) is 1. The summed E-state index contributed by atoms with van der Waals surface area (Å²) >= 11 is 0. The molecule has 2 aliphatic rings. The molecule has 4 heteroatoms. The van der Waals surface area contributed by atoms with Crippen LogP contribution in [0.1, 0.15) is 35.2 Å². The number of rotatable bonds is 2. The van der Waals surface area contributed by atoms with Crippen LogP contribution in [-0.4, -0.2) is 43.1 Å². The van der Waals surface area contributed by atoms with Gasteiger partial charge in [0.1, 0.15) is 5.75 Å². The first kappa shape index (κ1) is 13.4. The van der Waals surface area contributed by atoms with Crippen LogP contribution in [0.3, 0.4) is 0 Å². The van der Waals surface area contributed by atoms with Crippen molar-refractivity contribution in [3.8, 4) is 5.75 Å². The van der Waals surface area contributed by atoms with Crippen molar-refractivity contribution < 1.29 is 9.53 Å². The summed E-state index contributed by atoms with van der Waals surface area (Å²) in [6.07, 6.45) is 3.50. The van der Waals surface area contributed by atoms with Gasteiger partial charge in [0.05, 0.1) is 7.11 Å². The maximum atomic E-state index is 12.7. The van der Waals surface area contributed by atoms with Crippen molar-refractivity contribution in [2.24, 2.45) is 0 Å². The lowest BCUT2D eigenvalue weighted by Crippen LogP contribution is -2.39. The Bertz CT molecular complexity index is 515. The number of hydrogen-bond acceptors (Lipinski definition) is 3. The first-order valence-electron chi connectivity index (χ1n) is 7.37. The second-order valence-electron chi connectivity index (χ2n) is 5.86. The molecule has 20 heavy (non-hydrogen) atoms. The zero-order valence-electron chi connectivity index (χ0n) is 12.2. The van der Waals surface area contributed by atoms with Crippen molar-refractivity contribution in [1.82, 2.24) is 10.2 Å². The van der Waals surface area contributed by atoms with E-state index in [2.05, 4.69) is 5.32 Å². The maximum Gasteiger partial charge on any atom is 0.254 e. The van der Waals surface area contributed by atoms with Gasteiger partial charge >= 0.3 is 0 Å². The molecular formula is C16H22N2O2. The van der Waals surface area contributed by atoms with E-state index in [1.165, 1.54) is 12.8 Å². The molecule has 2 unspecified atom stereocenters. The third-order valence-corrected chi connectivity index (χ3v) is 4.47. The van der Waals surface area contributed by atoms with Gasteiger partial charge < -0.3 is 15.0 Å². The molecule has 108 valence electrons. The lowest BCUT2D eigenvalue weighted by Gasteiger charge is -2.24. The van der Waals surface area contributed by atoms with Crippen LogP contribution in [-0.2, 0) is 0 Å². The molecule has 1 aromatic rings. The highest BCUT2D eigenvalue weighted by Gasteiger charge is 2.31. The summed E-state index contributed by atoms with van der Waals surface area (Å²) in [5, 5.41) is 3.60. The number of nitrogens with one attached hydrogen (secondary N) is 1. The van der Waals surface area contributed by atoms with Crippen LogP contribution in [0.25, 0.3) is 0 Å². The van der Waals surface area contributed by atoms with E-state index in [-0.39, 0.29) is 5.91 Å². The molecule has 2 saturated heterocycles. The average molecular weight is 274 g/mol. The zero-order chi connectivity index (χ0) is 14.1. The Morgan fingerprint density at radius 3 is 2.90 bits per heavy atom. The van der Waals surface area contributed by atoms with Gasteiger partial charge in [0.25, 0.3) is 5.91 Å². The molecule has 4 nitrogen and oxygen atoms in total. The first-order valence-corrected chi connectivity index (χ1v) is 7.37. The minimum Gasteiger partial charge on any atom is -0.496 e. The fourth-order valence-electron chi connectivity index (χ4n) is 3.26. The Hall–Kier alpha value is -1.55. The summed E-state index contributed by atoms with van der Waals surface area (Å²) in [6.45, 7) is 3.66. The number of carbonyl (C=O) groups is 1. The first-order chi connectivity index (χ1) is 9.67. The van der Waals surface area contributed by atoms with Gasteiger partial charge in [-0.15, -0.1) is 0 Å². The maximum absolute atomic E-state index is 12.7. The standard InChI is InChI=1S/C16H22N2O2/c1-11-3-4-12(9-15(11)20-2)16(19)18-8-7-13-5-6-14(10-18)17-13/h3-4,9,13-14,17H,5-8,10H2,1-2H3. The highest BCUT2D eigenvalue weighted by atomic mass is 16.5. The molecule has 2 atom stereocenters. The molecule has 1 aromatic carbocycles. The zero-order valence-corrected chi connectivity index (χ0v) is 12.2. The smallest absolute Gasteiger partial charge is 0.254 e. The summed E-state index contributed by atoms with van der Waals surface area (Å²) in [7, 11) is 1.64. The highest BCUT2D eigenvalue weighted by molar-refractivity contribution is 5.94. The molecule has 0 aliphatic carbocycles. The lowest BCUT2D eigenvalue weighted by atomic mass is 10.1. The van der Waals surface area contributed by atoms with E-state index >= 15 is 0 Å². The number of likely N-dealkylation sites (tertiary alicyclic amines) is 1. The number of ether oxygens (including phenoxy) is 1. The minimum absolute atomic E-state index is 0.123. The Morgan fingerprint density at radius 1 is 1.30 bits per heavy atom. The number of aryl methyl sites for hydroxylation is 1. The molecule has 0 saturated carbocycles. The van der Waals surface area contributed by atoms with Gasteiger partial charge in [-0.05, 0) is 43.9 Å². The van der Waals surface area contributed by atoms with Gasteiger partial charge in [0.2, 0.25) is 0 Å². The number of fused-ring (bicyclic) bond motifs is 2. The Labute approximate surface area is 120 Å². The predicted molar refractivity (Wildman–Crippen MR) is 78.2 cm³/mol. The summed E-state index contributed by atoms with van der Waals surface area (Å²) < 4.78 is 5.31. The minimum atomic E-state index is 0.123. The molecule has 2 bridgehead atoms. The van der Waals surface area contributed by atoms with Crippen molar-refractivity contribution in [1.29, 1.82) is 0 Å². The van der Waals surface area contributed by atoms with Gasteiger partial charge in [-0.25, -0.2) is 0 Å². The summed E-state index contributed by atoms with van der Waals surface area (Å²) in [6, 6.07) is 6.78. The van der Waals surface area contributed by atoms with Crippen molar-refractivity contribution in [2.75, 3.05) is 20.2 Å². The molecule has 0 spiro atoms. The van der Waals surface area contributed by atoms with Gasteiger partial charge in [-0.2, -0.15) is 0 Å². The number of hydrogen-bond donors (Lipinski definition) is 1. The molecule has 0 aromatic heterocycles. The number of amides is 1. The second-order valence-corrected chi connectivity index (χ2v) is 5.86. The van der Waals surface area contributed by atoms with Crippen molar-refractivity contribution in [3.63, 3.8) is 0 Å². The topological polar surface area (TPSA) is 41.6 Å². The quantitative estimate of drug-likeness (QED) is 0.896. The fraction of sp³-hybridized carbons (Fsp3) is 0.562. The summed E-state index contributed by atoms with van der Waals surface area (Å²) in [5.74, 6) is 0.906. The number of carbonyl (C=O) groups excluding carboxylic acids is 1. The van der Waals surface area contributed by atoms with E-state index in [9.17, 15) is 4.79 Å². The Balaban J connectivity index is 1.78. The van der Waals surface area contributed by atoms with Crippen LogP contribution in [0, 0.1) is 6.92 Å². The van der Waals surface area contributed by atoms with E-state index < -0.39 is 0 Å². The summed E-state index contributed by atoms with van der Waals surface area (Å²) in [4.78, 5) is 14.6. The van der Waals surface area contributed by atoms with E-state index in [4.69, 9.17) is 4.74 Å². The average Bonchev–Trinajstić information content (AvgIpc) is 2.78. The van der Waals surface area contributed by atoms with Crippen LogP contribution in [0.15, 0.2) is 18.2 Å². The largest absolute Gasteiger partial charge is 0.496 e. The second kappa shape index (κ2) is 5.44. The molecule has 3 rings (SSSR count). The van der Waals surface area contributed by atoms with Crippen LogP contribution < -0.4 is 10.1 Å². The van der Waals surface area contributed by atoms with Crippen LogP contribution in [0.2, 0.25) is 0 Å². The van der Waals surface area contributed by atoms with Gasteiger partial charge in [-0.1, -0.05) is 6.07 Å². The van der Waals surface area contributed by atoms with Crippen molar-refractivity contribution in [3.05, 3.63) is 29.3 Å². The van der Waals surface area contributed by atoms with Crippen LogP contribution in [0.5, 0.6) is 5.75 Å². The lowest BCUT2D eigenvalue weighted by molar-refractivity contribution is 0.0748. The molecule has 0 radical (unpaired) electrons. The number of methoxy groups -OCH3 is 1. The van der Waals surface area contributed by atoms with Crippen molar-refractivity contribution in [2.45, 2.75) is 38.3 Å².